The van der Waals surface area contributed by atoms with Gasteiger partial charge in [-0.05, 0) is 52.0 Å². The average molecular weight is 264 g/mol. The summed E-state index contributed by atoms with van der Waals surface area (Å²) in [6, 6.07) is 6.35. The van der Waals surface area contributed by atoms with Gasteiger partial charge in [0.25, 0.3) is 5.91 Å². The highest BCUT2D eigenvalue weighted by atomic mass is 16.5. The molecule has 0 saturated carbocycles. The van der Waals surface area contributed by atoms with Crippen LogP contribution < -0.4 is 15.8 Å². The number of hydrogen-bond donors (Lipinski definition) is 2. The first kappa shape index (κ1) is 15.0. The topological polar surface area (TPSA) is 81.4 Å². The zero-order valence-electron chi connectivity index (χ0n) is 11.7. The molecule has 0 aliphatic carbocycles. The van der Waals surface area contributed by atoms with E-state index in [0.717, 1.165) is 0 Å². The van der Waals surface area contributed by atoms with Crippen LogP contribution in [-0.4, -0.2) is 23.5 Å². The van der Waals surface area contributed by atoms with Gasteiger partial charge in [-0.25, -0.2) is 0 Å². The highest BCUT2D eigenvalue weighted by Crippen LogP contribution is 2.14. The fourth-order valence-corrected chi connectivity index (χ4v) is 1.43. The third-order valence-corrected chi connectivity index (χ3v) is 2.32. The smallest absolute Gasteiger partial charge is 0.261 e. The van der Waals surface area contributed by atoms with Crippen LogP contribution in [-0.2, 0) is 4.79 Å². The van der Waals surface area contributed by atoms with E-state index in [1.54, 1.807) is 31.2 Å². The van der Waals surface area contributed by atoms with E-state index in [2.05, 4.69) is 5.32 Å². The first-order chi connectivity index (χ1) is 8.69. The first-order valence-corrected chi connectivity index (χ1v) is 6.07. The Hall–Kier alpha value is -2.04. The summed E-state index contributed by atoms with van der Waals surface area (Å²) in [7, 11) is 0. The second-order valence-electron chi connectivity index (χ2n) is 5.39. The van der Waals surface area contributed by atoms with Gasteiger partial charge in [0.05, 0.1) is 0 Å². The molecule has 0 aromatic heterocycles. The van der Waals surface area contributed by atoms with Crippen LogP contribution in [0.5, 0.6) is 5.75 Å². The summed E-state index contributed by atoms with van der Waals surface area (Å²) in [5.41, 5.74) is 5.24. The second-order valence-corrected chi connectivity index (χ2v) is 5.39. The summed E-state index contributed by atoms with van der Waals surface area (Å²) in [5, 5.41) is 2.83. The van der Waals surface area contributed by atoms with Gasteiger partial charge < -0.3 is 15.8 Å². The number of nitrogens with two attached hydrogens (primary N) is 1. The number of hydrogen-bond acceptors (Lipinski definition) is 3. The van der Waals surface area contributed by atoms with E-state index >= 15 is 0 Å². The molecule has 19 heavy (non-hydrogen) atoms. The van der Waals surface area contributed by atoms with E-state index in [1.165, 1.54) is 0 Å². The van der Waals surface area contributed by atoms with E-state index in [9.17, 15) is 9.59 Å². The van der Waals surface area contributed by atoms with Gasteiger partial charge in [0.1, 0.15) is 5.75 Å². The molecule has 1 aromatic rings. The lowest BCUT2D eigenvalue weighted by Gasteiger charge is -2.23. The predicted molar refractivity (Wildman–Crippen MR) is 72.9 cm³/mol. The van der Waals surface area contributed by atoms with Crippen LogP contribution in [0.25, 0.3) is 0 Å². The number of ether oxygens (including phenoxy) is 1. The summed E-state index contributed by atoms with van der Waals surface area (Å²) in [5.74, 6) is -0.168. The van der Waals surface area contributed by atoms with Gasteiger partial charge in [-0.1, -0.05) is 0 Å². The van der Waals surface area contributed by atoms with E-state index in [0.29, 0.717) is 11.3 Å². The average Bonchev–Trinajstić information content (AvgIpc) is 2.27. The lowest BCUT2D eigenvalue weighted by molar-refractivity contribution is -0.128. The molecule has 0 fully saturated rings. The fourth-order valence-electron chi connectivity index (χ4n) is 1.43. The van der Waals surface area contributed by atoms with Crippen molar-refractivity contribution in [1.29, 1.82) is 0 Å². The van der Waals surface area contributed by atoms with E-state index in [1.807, 2.05) is 20.8 Å². The van der Waals surface area contributed by atoms with Crippen molar-refractivity contribution in [3.8, 4) is 5.75 Å². The zero-order valence-corrected chi connectivity index (χ0v) is 11.7. The summed E-state index contributed by atoms with van der Waals surface area (Å²) < 4.78 is 5.49. The second kappa shape index (κ2) is 5.73. The molecule has 0 aliphatic rings. The molecule has 0 radical (unpaired) electrons. The Morgan fingerprint density at radius 1 is 1.21 bits per heavy atom. The van der Waals surface area contributed by atoms with Crippen LogP contribution in [0.2, 0.25) is 0 Å². The Morgan fingerprint density at radius 2 is 1.74 bits per heavy atom. The van der Waals surface area contributed by atoms with Crippen molar-refractivity contribution in [2.75, 3.05) is 0 Å². The molecule has 3 N–H and O–H groups in total. The van der Waals surface area contributed by atoms with Crippen molar-refractivity contribution in [3.05, 3.63) is 29.8 Å². The normalized spacial score (nSPS) is 12.6. The van der Waals surface area contributed by atoms with Crippen molar-refractivity contribution < 1.29 is 14.3 Å². The predicted octanol–water partition coefficient (Wildman–Crippen LogP) is 1.47. The van der Waals surface area contributed by atoms with Crippen LogP contribution in [0.4, 0.5) is 0 Å². The first-order valence-electron chi connectivity index (χ1n) is 6.07. The van der Waals surface area contributed by atoms with Gasteiger partial charge in [0, 0.05) is 11.1 Å². The van der Waals surface area contributed by atoms with Gasteiger partial charge in [-0.3, -0.25) is 9.59 Å². The van der Waals surface area contributed by atoms with Crippen molar-refractivity contribution in [3.63, 3.8) is 0 Å². The number of carbonyl (C=O) groups is 2. The maximum absolute atomic E-state index is 11.8. The molecule has 5 nitrogen and oxygen atoms in total. The van der Waals surface area contributed by atoms with Gasteiger partial charge >= 0.3 is 0 Å². The summed E-state index contributed by atoms with van der Waals surface area (Å²) in [4.78, 5) is 22.7. The number of primary amides is 1. The third-order valence-electron chi connectivity index (χ3n) is 2.32. The largest absolute Gasteiger partial charge is 0.481 e. The molecule has 0 aliphatic heterocycles. The Balaban J connectivity index is 2.64. The molecule has 1 rings (SSSR count). The van der Waals surface area contributed by atoms with Gasteiger partial charge in [-0.2, -0.15) is 0 Å². The highest BCUT2D eigenvalue weighted by Gasteiger charge is 2.20. The van der Waals surface area contributed by atoms with Crippen LogP contribution in [0, 0.1) is 0 Å². The Morgan fingerprint density at radius 3 is 2.16 bits per heavy atom. The summed E-state index contributed by atoms with van der Waals surface area (Å²) in [6.07, 6.45) is -0.612. The Kier molecular flexibility index (Phi) is 4.53. The molecular weight excluding hydrogens is 244 g/mol. The van der Waals surface area contributed by atoms with Crippen LogP contribution >= 0.6 is 0 Å². The Labute approximate surface area is 113 Å². The van der Waals surface area contributed by atoms with Gasteiger partial charge in [0.2, 0.25) is 5.91 Å². The molecule has 1 aromatic carbocycles. The molecule has 0 unspecified atom stereocenters. The van der Waals surface area contributed by atoms with Crippen LogP contribution in [0.15, 0.2) is 24.3 Å². The third kappa shape index (κ3) is 4.99. The minimum atomic E-state index is -0.612. The van der Waals surface area contributed by atoms with Crippen molar-refractivity contribution in [2.45, 2.75) is 39.3 Å². The minimum absolute atomic E-state index is 0.188. The molecule has 1 atom stereocenters. The standard InChI is InChI=1S/C14H20N2O3/c1-9(13(18)16-14(2,3)4)19-11-7-5-10(6-8-11)12(15)17/h5-9H,1-4H3,(H2,15,17)(H,16,18)/t9-/m0/s1. The van der Waals surface area contributed by atoms with Gasteiger partial charge in [0.15, 0.2) is 6.10 Å². The molecule has 0 spiro atoms. The van der Waals surface area contributed by atoms with Crippen LogP contribution in [0.3, 0.4) is 0 Å². The van der Waals surface area contributed by atoms with E-state index in [4.69, 9.17) is 10.5 Å². The van der Waals surface area contributed by atoms with Crippen molar-refractivity contribution in [1.82, 2.24) is 5.32 Å². The number of benzene rings is 1. The highest BCUT2D eigenvalue weighted by molar-refractivity contribution is 5.92. The molecule has 104 valence electrons. The Bertz CT molecular complexity index is 461. The monoisotopic (exact) mass is 264 g/mol. The van der Waals surface area contributed by atoms with Gasteiger partial charge in [-0.15, -0.1) is 0 Å². The number of nitrogens with one attached hydrogen (secondary N) is 1. The number of rotatable bonds is 4. The number of amides is 2. The lowest BCUT2D eigenvalue weighted by Crippen LogP contribution is -2.46. The zero-order chi connectivity index (χ0) is 14.6. The molecule has 5 heteroatoms. The maximum atomic E-state index is 11.8. The summed E-state index contributed by atoms with van der Waals surface area (Å²) in [6.45, 7) is 7.38. The molecular formula is C14H20N2O3. The van der Waals surface area contributed by atoms with E-state index < -0.39 is 12.0 Å². The molecule has 0 saturated heterocycles. The fraction of sp³-hybridized carbons (Fsp3) is 0.429. The SMILES string of the molecule is C[C@H](Oc1ccc(C(N)=O)cc1)C(=O)NC(C)(C)C. The summed E-state index contributed by atoms with van der Waals surface area (Å²) >= 11 is 0. The quantitative estimate of drug-likeness (QED) is 0.864. The molecule has 0 heterocycles. The minimum Gasteiger partial charge on any atom is -0.481 e. The van der Waals surface area contributed by atoms with Crippen LogP contribution in [0.1, 0.15) is 38.1 Å². The molecule has 2 amide bonds. The van der Waals surface area contributed by atoms with E-state index in [-0.39, 0.29) is 11.4 Å². The number of carbonyl (C=O) groups excluding carboxylic acids is 2. The maximum Gasteiger partial charge on any atom is 0.261 e. The lowest BCUT2D eigenvalue weighted by atomic mass is 10.1. The van der Waals surface area contributed by atoms with Crippen molar-refractivity contribution >= 4 is 11.8 Å². The van der Waals surface area contributed by atoms with Crippen molar-refractivity contribution in [2.24, 2.45) is 5.73 Å². The molecule has 0 bridgehead atoms.